The van der Waals surface area contributed by atoms with Crippen LogP contribution in [0, 0.1) is 6.92 Å². The van der Waals surface area contributed by atoms with Gasteiger partial charge in [-0.3, -0.25) is 14.3 Å². The number of nitrogens with zero attached hydrogens (tertiary/aromatic N) is 1. The van der Waals surface area contributed by atoms with Crippen LogP contribution in [0.1, 0.15) is 28.8 Å². The molecular weight excluding hydrogens is 406 g/mol. The van der Waals surface area contributed by atoms with Gasteiger partial charge in [-0.25, -0.2) is 8.42 Å². The first-order valence-corrected chi connectivity index (χ1v) is 11.1. The summed E-state index contributed by atoms with van der Waals surface area (Å²) in [4.78, 5) is 26.1. The topological polar surface area (TPSA) is 105 Å². The zero-order valence-electron chi connectivity index (χ0n) is 17.0. The summed E-state index contributed by atoms with van der Waals surface area (Å²) in [5, 5.41) is 2.68. The third kappa shape index (κ3) is 4.80. The number of benzene rings is 2. The first kappa shape index (κ1) is 21.8. The molecule has 0 bridgehead atoms. The van der Waals surface area contributed by atoms with E-state index < -0.39 is 15.9 Å². The molecule has 0 atom stereocenters. The number of amides is 2. The van der Waals surface area contributed by atoms with Gasteiger partial charge in [0.15, 0.2) is 0 Å². The summed E-state index contributed by atoms with van der Waals surface area (Å²) in [6.07, 6.45) is 1.30. The predicted octanol–water partition coefficient (Wildman–Crippen LogP) is 2.30. The Morgan fingerprint density at radius 1 is 1.20 bits per heavy atom. The number of para-hydroxylation sites is 1. The van der Waals surface area contributed by atoms with Crippen molar-refractivity contribution in [3.8, 4) is 0 Å². The molecule has 2 aromatic rings. The fraction of sp³-hybridized carbons (Fsp3) is 0.333. The number of hydrogen-bond acceptors (Lipinski definition) is 5. The molecule has 1 fully saturated rings. The maximum Gasteiger partial charge on any atom is 0.261 e. The van der Waals surface area contributed by atoms with E-state index in [1.807, 2.05) is 0 Å². The average Bonchev–Trinajstić information content (AvgIpc) is 3.13. The van der Waals surface area contributed by atoms with E-state index >= 15 is 0 Å². The molecule has 0 unspecified atom stereocenters. The minimum absolute atomic E-state index is 0.0419. The number of ether oxygens (including phenoxy) is 1. The second-order valence-electron chi connectivity index (χ2n) is 7.00. The Morgan fingerprint density at radius 3 is 2.63 bits per heavy atom. The SMILES string of the molecule is COCCNC(=O)c1ccccc1NS(=O)(=O)c1ccc(N2CCCC2=O)c(C)c1. The molecule has 0 saturated carbocycles. The second-order valence-corrected chi connectivity index (χ2v) is 8.68. The predicted molar refractivity (Wildman–Crippen MR) is 114 cm³/mol. The molecule has 0 aromatic heterocycles. The molecule has 2 aromatic carbocycles. The number of anilines is 2. The molecule has 0 radical (unpaired) electrons. The number of carbonyl (C=O) groups excluding carboxylic acids is 2. The molecule has 0 spiro atoms. The first-order chi connectivity index (χ1) is 14.3. The summed E-state index contributed by atoms with van der Waals surface area (Å²) in [7, 11) is -2.40. The van der Waals surface area contributed by atoms with Crippen LogP contribution in [-0.4, -0.2) is 47.0 Å². The number of sulfonamides is 1. The summed E-state index contributed by atoms with van der Waals surface area (Å²) in [5.41, 5.74) is 1.81. The Morgan fingerprint density at radius 2 is 1.97 bits per heavy atom. The molecule has 1 saturated heterocycles. The van der Waals surface area contributed by atoms with Crippen molar-refractivity contribution in [3.05, 3.63) is 53.6 Å². The lowest BCUT2D eigenvalue weighted by molar-refractivity contribution is -0.117. The van der Waals surface area contributed by atoms with Crippen molar-refractivity contribution >= 4 is 33.2 Å². The minimum Gasteiger partial charge on any atom is -0.383 e. The molecular formula is C21H25N3O5S. The highest BCUT2D eigenvalue weighted by molar-refractivity contribution is 7.92. The maximum absolute atomic E-state index is 12.9. The van der Waals surface area contributed by atoms with Crippen molar-refractivity contribution in [2.24, 2.45) is 0 Å². The largest absolute Gasteiger partial charge is 0.383 e. The number of carbonyl (C=O) groups is 2. The average molecular weight is 432 g/mol. The lowest BCUT2D eigenvalue weighted by Gasteiger charge is -2.19. The van der Waals surface area contributed by atoms with Crippen LogP contribution in [0.2, 0.25) is 0 Å². The van der Waals surface area contributed by atoms with Crippen LogP contribution in [0.15, 0.2) is 47.4 Å². The van der Waals surface area contributed by atoms with Gasteiger partial charge in [0.1, 0.15) is 0 Å². The van der Waals surface area contributed by atoms with Crippen LogP contribution in [0.25, 0.3) is 0 Å². The van der Waals surface area contributed by atoms with Crippen molar-refractivity contribution in [2.45, 2.75) is 24.7 Å². The van der Waals surface area contributed by atoms with E-state index in [0.29, 0.717) is 31.7 Å². The number of aryl methyl sites for hydroxylation is 1. The van der Waals surface area contributed by atoms with Crippen molar-refractivity contribution in [1.82, 2.24) is 5.32 Å². The van der Waals surface area contributed by atoms with Gasteiger partial charge in [-0.1, -0.05) is 12.1 Å². The molecule has 2 N–H and O–H groups in total. The van der Waals surface area contributed by atoms with Gasteiger partial charge in [-0.15, -0.1) is 0 Å². The maximum atomic E-state index is 12.9. The highest BCUT2D eigenvalue weighted by Crippen LogP contribution is 2.28. The van der Waals surface area contributed by atoms with Gasteiger partial charge in [0.2, 0.25) is 5.91 Å². The zero-order valence-corrected chi connectivity index (χ0v) is 17.8. The third-order valence-electron chi connectivity index (χ3n) is 4.85. The molecule has 30 heavy (non-hydrogen) atoms. The standard InChI is InChI=1S/C21H25N3O5S/c1-15-14-16(9-10-19(15)24-12-5-8-20(24)25)30(27,28)23-18-7-4-3-6-17(18)21(26)22-11-13-29-2/h3-4,6-7,9-10,14,23H,5,8,11-13H2,1-2H3,(H,22,26). The van der Waals surface area contributed by atoms with Gasteiger partial charge in [-0.2, -0.15) is 0 Å². The second kappa shape index (κ2) is 9.27. The molecule has 1 heterocycles. The minimum atomic E-state index is -3.93. The number of rotatable bonds is 8. The zero-order chi connectivity index (χ0) is 21.7. The van der Waals surface area contributed by atoms with Crippen LogP contribution >= 0.6 is 0 Å². The van der Waals surface area contributed by atoms with E-state index in [1.165, 1.54) is 25.3 Å². The summed E-state index contributed by atoms with van der Waals surface area (Å²) >= 11 is 0. The van der Waals surface area contributed by atoms with Crippen molar-refractivity contribution in [1.29, 1.82) is 0 Å². The highest BCUT2D eigenvalue weighted by Gasteiger charge is 2.25. The van der Waals surface area contributed by atoms with Crippen LogP contribution in [0.5, 0.6) is 0 Å². The molecule has 0 aliphatic carbocycles. The van der Waals surface area contributed by atoms with Crippen LogP contribution in [-0.2, 0) is 19.6 Å². The Labute approximate surface area is 176 Å². The van der Waals surface area contributed by atoms with E-state index in [-0.39, 0.29) is 22.1 Å². The molecule has 3 rings (SSSR count). The highest BCUT2D eigenvalue weighted by atomic mass is 32.2. The van der Waals surface area contributed by atoms with E-state index in [1.54, 1.807) is 36.1 Å². The van der Waals surface area contributed by atoms with E-state index in [9.17, 15) is 18.0 Å². The van der Waals surface area contributed by atoms with E-state index in [2.05, 4.69) is 10.0 Å². The van der Waals surface area contributed by atoms with Crippen molar-refractivity contribution < 1.29 is 22.7 Å². The number of methoxy groups -OCH3 is 1. The van der Waals surface area contributed by atoms with E-state index in [4.69, 9.17) is 4.74 Å². The summed E-state index contributed by atoms with van der Waals surface area (Å²) in [5.74, 6) is -0.357. The molecule has 9 heteroatoms. The number of hydrogen-bond donors (Lipinski definition) is 2. The normalized spacial score (nSPS) is 14.1. The summed E-state index contributed by atoms with van der Waals surface area (Å²) in [6.45, 7) is 3.07. The molecule has 1 aliphatic heterocycles. The van der Waals surface area contributed by atoms with Crippen LogP contribution in [0.4, 0.5) is 11.4 Å². The lowest BCUT2D eigenvalue weighted by atomic mass is 10.1. The Bertz CT molecular complexity index is 1050. The fourth-order valence-electron chi connectivity index (χ4n) is 3.34. The quantitative estimate of drug-likeness (QED) is 0.624. The van der Waals surface area contributed by atoms with Gasteiger partial charge >= 0.3 is 0 Å². The van der Waals surface area contributed by atoms with Crippen LogP contribution < -0.4 is 14.9 Å². The van der Waals surface area contributed by atoms with Gasteiger partial charge in [-0.05, 0) is 49.2 Å². The monoisotopic (exact) mass is 431 g/mol. The van der Waals surface area contributed by atoms with Gasteiger partial charge in [0.25, 0.3) is 15.9 Å². The molecule has 8 nitrogen and oxygen atoms in total. The Kier molecular flexibility index (Phi) is 6.73. The smallest absolute Gasteiger partial charge is 0.261 e. The fourth-order valence-corrected chi connectivity index (χ4v) is 4.50. The Hall–Kier alpha value is -2.91. The van der Waals surface area contributed by atoms with Crippen molar-refractivity contribution in [3.63, 3.8) is 0 Å². The van der Waals surface area contributed by atoms with Gasteiger partial charge < -0.3 is 15.0 Å². The van der Waals surface area contributed by atoms with Gasteiger partial charge in [0.05, 0.1) is 22.8 Å². The molecule has 2 amide bonds. The third-order valence-corrected chi connectivity index (χ3v) is 6.21. The molecule has 160 valence electrons. The number of nitrogens with one attached hydrogen (secondary N) is 2. The lowest BCUT2D eigenvalue weighted by Crippen LogP contribution is -2.28. The van der Waals surface area contributed by atoms with E-state index in [0.717, 1.165) is 12.1 Å². The Balaban J connectivity index is 1.83. The molecule has 1 aliphatic rings. The first-order valence-electron chi connectivity index (χ1n) is 9.63. The van der Waals surface area contributed by atoms with Crippen LogP contribution in [0.3, 0.4) is 0 Å². The van der Waals surface area contributed by atoms with Crippen molar-refractivity contribution in [2.75, 3.05) is 36.4 Å². The summed E-state index contributed by atoms with van der Waals surface area (Å²) < 4.78 is 33.3. The summed E-state index contributed by atoms with van der Waals surface area (Å²) in [6, 6.07) is 11.0. The van der Waals surface area contributed by atoms with Gasteiger partial charge in [0, 0.05) is 32.3 Å².